The van der Waals surface area contributed by atoms with Crippen molar-refractivity contribution < 1.29 is 4.74 Å². The Bertz CT molecular complexity index is 172. The van der Waals surface area contributed by atoms with E-state index in [9.17, 15) is 0 Å². The van der Waals surface area contributed by atoms with Crippen molar-refractivity contribution in [3.63, 3.8) is 0 Å². The second-order valence-electron chi connectivity index (χ2n) is 5.31. The Morgan fingerprint density at radius 2 is 2.12 bits per heavy atom. The van der Waals surface area contributed by atoms with E-state index in [1.54, 1.807) is 0 Å². The van der Waals surface area contributed by atoms with Crippen molar-refractivity contribution in [1.82, 2.24) is 0 Å². The summed E-state index contributed by atoms with van der Waals surface area (Å²) >= 11 is 5.72. The van der Waals surface area contributed by atoms with Crippen molar-refractivity contribution in [2.75, 3.05) is 12.5 Å². The second kappa shape index (κ2) is 8.36. The van der Waals surface area contributed by atoms with Gasteiger partial charge in [-0.3, -0.25) is 0 Å². The lowest BCUT2D eigenvalue weighted by Gasteiger charge is -2.28. The Balaban J connectivity index is 2.08. The van der Waals surface area contributed by atoms with Gasteiger partial charge in [-0.1, -0.05) is 33.1 Å². The third-order valence-electron chi connectivity index (χ3n) is 3.88. The predicted octanol–water partition coefficient (Wildman–Crippen LogP) is 4.63. The molecule has 3 unspecified atom stereocenters. The fraction of sp³-hybridized carbons (Fsp3) is 1.00. The molecule has 0 radical (unpaired) electrons. The van der Waals surface area contributed by atoms with E-state index in [0.717, 1.165) is 24.8 Å². The molecular formula is C14H27ClO. The van der Waals surface area contributed by atoms with Crippen LogP contribution < -0.4 is 0 Å². The first-order chi connectivity index (χ1) is 7.76. The van der Waals surface area contributed by atoms with Crippen LogP contribution in [0.1, 0.15) is 58.8 Å². The van der Waals surface area contributed by atoms with E-state index >= 15 is 0 Å². The normalized spacial score (nSPS) is 27.9. The van der Waals surface area contributed by atoms with Crippen LogP contribution in [0.4, 0.5) is 0 Å². The van der Waals surface area contributed by atoms with Crippen LogP contribution in [0.25, 0.3) is 0 Å². The number of hydrogen-bond acceptors (Lipinski definition) is 1. The lowest BCUT2D eigenvalue weighted by atomic mass is 9.85. The molecule has 0 N–H and O–H groups in total. The molecular weight excluding hydrogens is 220 g/mol. The van der Waals surface area contributed by atoms with Crippen LogP contribution in [-0.4, -0.2) is 18.6 Å². The Hall–Kier alpha value is 0.250. The first-order valence-corrected chi connectivity index (χ1v) is 7.47. The molecule has 0 bridgehead atoms. The highest BCUT2D eigenvalue weighted by Gasteiger charge is 2.21. The van der Waals surface area contributed by atoms with Gasteiger partial charge < -0.3 is 4.74 Å². The van der Waals surface area contributed by atoms with E-state index in [1.165, 1.54) is 38.5 Å². The molecule has 1 nitrogen and oxygen atoms in total. The molecule has 1 aliphatic rings. The molecule has 16 heavy (non-hydrogen) atoms. The van der Waals surface area contributed by atoms with Gasteiger partial charge in [-0.2, -0.15) is 0 Å². The van der Waals surface area contributed by atoms with Crippen molar-refractivity contribution >= 4 is 11.6 Å². The molecule has 0 spiro atoms. The van der Waals surface area contributed by atoms with Crippen LogP contribution in [0.3, 0.4) is 0 Å². The monoisotopic (exact) mass is 246 g/mol. The fourth-order valence-electron chi connectivity index (χ4n) is 2.53. The van der Waals surface area contributed by atoms with Gasteiger partial charge in [-0.15, -0.1) is 11.6 Å². The predicted molar refractivity (Wildman–Crippen MR) is 71.1 cm³/mol. The molecule has 2 heteroatoms. The number of ether oxygens (including phenoxy) is 1. The van der Waals surface area contributed by atoms with E-state index < -0.39 is 0 Å². The van der Waals surface area contributed by atoms with E-state index in [0.29, 0.717) is 12.0 Å². The summed E-state index contributed by atoms with van der Waals surface area (Å²) < 4.78 is 5.99. The van der Waals surface area contributed by atoms with Crippen molar-refractivity contribution in [3.8, 4) is 0 Å². The lowest BCUT2D eigenvalue weighted by molar-refractivity contribution is 0.00698. The zero-order chi connectivity index (χ0) is 11.8. The van der Waals surface area contributed by atoms with Crippen LogP contribution in [0.15, 0.2) is 0 Å². The summed E-state index contributed by atoms with van der Waals surface area (Å²) in [6.07, 6.45) is 9.50. The van der Waals surface area contributed by atoms with Crippen LogP contribution in [0.5, 0.6) is 0 Å². The lowest BCUT2D eigenvalue weighted by Crippen LogP contribution is -2.23. The van der Waals surface area contributed by atoms with Crippen molar-refractivity contribution in [3.05, 3.63) is 0 Å². The average Bonchev–Trinajstić information content (AvgIpc) is 2.30. The molecule has 1 saturated carbocycles. The van der Waals surface area contributed by atoms with Crippen LogP contribution in [0.2, 0.25) is 0 Å². The van der Waals surface area contributed by atoms with Crippen LogP contribution in [0, 0.1) is 11.8 Å². The highest BCUT2D eigenvalue weighted by atomic mass is 35.5. The summed E-state index contributed by atoms with van der Waals surface area (Å²) in [5.41, 5.74) is 0. The summed E-state index contributed by atoms with van der Waals surface area (Å²) in [6.45, 7) is 5.50. The number of rotatable bonds is 7. The molecule has 96 valence electrons. The summed E-state index contributed by atoms with van der Waals surface area (Å²) in [4.78, 5) is 0. The summed E-state index contributed by atoms with van der Waals surface area (Å²) in [6, 6.07) is 0. The third kappa shape index (κ3) is 5.54. The molecule has 1 aliphatic carbocycles. The van der Waals surface area contributed by atoms with Gasteiger partial charge in [-0.25, -0.2) is 0 Å². The summed E-state index contributed by atoms with van der Waals surface area (Å²) in [7, 11) is 0. The zero-order valence-electron chi connectivity index (χ0n) is 10.9. The zero-order valence-corrected chi connectivity index (χ0v) is 11.6. The molecule has 0 heterocycles. The Kier molecular flexibility index (Phi) is 7.47. The van der Waals surface area contributed by atoms with Gasteiger partial charge in [-0.05, 0) is 37.5 Å². The molecule has 3 atom stereocenters. The SMILES string of the molecule is CCC1CCCC(OCCC(C)CCCl)C1. The van der Waals surface area contributed by atoms with Crippen molar-refractivity contribution in [2.24, 2.45) is 11.8 Å². The molecule has 0 saturated heterocycles. The Morgan fingerprint density at radius 3 is 2.81 bits per heavy atom. The minimum Gasteiger partial charge on any atom is -0.378 e. The summed E-state index contributed by atoms with van der Waals surface area (Å²) in [5, 5.41) is 0. The van der Waals surface area contributed by atoms with Gasteiger partial charge in [0.15, 0.2) is 0 Å². The van der Waals surface area contributed by atoms with Crippen LogP contribution >= 0.6 is 11.6 Å². The van der Waals surface area contributed by atoms with Gasteiger partial charge in [0.25, 0.3) is 0 Å². The quantitative estimate of drug-likeness (QED) is 0.596. The van der Waals surface area contributed by atoms with Gasteiger partial charge in [0, 0.05) is 12.5 Å². The Labute approximate surface area is 106 Å². The molecule has 0 aromatic carbocycles. The maximum Gasteiger partial charge on any atom is 0.0577 e. The summed E-state index contributed by atoms with van der Waals surface area (Å²) in [5.74, 6) is 2.41. The highest BCUT2D eigenvalue weighted by molar-refractivity contribution is 6.17. The van der Waals surface area contributed by atoms with Gasteiger partial charge in [0.05, 0.1) is 6.10 Å². The van der Waals surface area contributed by atoms with Gasteiger partial charge in [0.1, 0.15) is 0 Å². The third-order valence-corrected chi connectivity index (χ3v) is 4.10. The minimum atomic E-state index is 0.543. The topological polar surface area (TPSA) is 9.23 Å². The molecule has 0 aromatic rings. The smallest absolute Gasteiger partial charge is 0.0577 e. The molecule has 0 aliphatic heterocycles. The fourth-order valence-corrected chi connectivity index (χ4v) is 2.90. The molecule has 0 aromatic heterocycles. The highest BCUT2D eigenvalue weighted by Crippen LogP contribution is 2.28. The van der Waals surface area contributed by atoms with Crippen molar-refractivity contribution in [2.45, 2.75) is 64.9 Å². The molecule has 1 rings (SSSR count). The first kappa shape index (κ1) is 14.3. The maximum atomic E-state index is 5.99. The number of hydrogen-bond donors (Lipinski definition) is 0. The maximum absolute atomic E-state index is 5.99. The van der Waals surface area contributed by atoms with Gasteiger partial charge in [0.2, 0.25) is 0 Å². The first-order valence-electron chi connectivity index (χ1n) is 6.93. The van der Waals surface area contributed by atoms with E-state index in [2.05, 4.69) is 13.8 Å². The number of halogens is 1. The molecule has 1 fully saturated rings. The van der Waals surface area contributed by atoms with E-state index in [1.807, 2.05) is 0 Å². The van der Waals surface area contributed by atoms with Crippen LogP contribution in [-0.2, 0) is 4.74 Å². The Morgan fingerprint density at radius 1 is 1.31 bits per heavy atom. The average molecular weight is 247 g/mol. The largest absolute Gasteiger partial charge is 0.378 e. The van der Waals surface area contributed by atoms with Gasteiger partial charge >= 0.3 is 0 Å². The van der Waals surface area contributed by atoms with E-state index in [4.69, 9.17) is 16.3 Å². The second-order valence-corrected chi connectivity index (χ2v) is 5.68. The minimum absolute atomic E-state index is 0.543. The standard InChI is InChI=1S/C14H27ClO/c1-3-13-5-4-6-14(11-13)16-10-8-12(2)7-9-15/h12-14H,3-11H2,1-2H3. The van der Waals surface area contributed by atoms with Crippen molar-refractivity contribution in [1.29, 1.82) is 0 Å². The number of alkyl halides is 1. The van der Waals surface area contributed by atoms with E-state index in [-0.39, 0.29) is 0 Å². The molecule has 0 amide bonds.